The molecule has 0 aliphatic carbocycles. The quantitative estimate of drug-likeness (QED) is 0.835. The van der Waals surface area contributed by atoms with E-state index in [0.29, 0.717) is 18.7 Å². The molecule has 25 heavy (non-hydrogen) atoms. The zero-order valence-corrected chi connectivity index (χ0v) is 14.7. The molecule has 7 heteroatoms. The van der Waals surface area contributed by atoms with Crippen molar-refractivity contribution in [3.8, 4) is 0 Å². The first-order valence-corrected chi connectivity index (χ1v) is 8.86. The van der Waals surface area contributed by atoms with E-state index >= 15 is 0 Å². The lowest BCUT2D eigenvalue weighted by molar-refractivity contribution is -0.121. The Balaban J connectivity index is 1.85. The summed E-state index contributed by atoms with van der Waals surface area (Å²) >= 11 is 0. The monoisotopic (exact) mass is 346 g/mol. The molecule has 0 spiro atoms. The molecule has 2 aliphatic heterocycles. The highest BCUT2D eigenvalue weighted by atomic mass is 16.5. The van der Waals surface area contributed by atoms with Crippen molar-refractivity contribution in [1.82, 2.24) is 9.88 Å². The molecule has 1 atom stereocenters. The van der Waals surface area contributed by atoms with Crippen LogP contribution < -0.4 is 10.6 Å². The summed E-state index contributed by atoms with van der Waals surface area (Å²) in [5.41, 5.74) is 5.40. The Morgan fingerprint density at radius 1 is 1.28 bits per heavy atom. The predicted octanol–water partition coefficient (Wildman–Crippen LogP) is 1.18. The van der Waals surface area contributed by atoms with Crippen LogP contribution in [0.1, 0.15) is 42.5 Å². The zero-order chi connectivity index (χ0) is 17.9. The van der Waals surface area contributed by atoms with Crippen molar-refractivity contribution in [2.24, 2.45) is 5.73 Å². The molecule has 1 aromatic rings. The van der Waals surface area contributed by atoms with Gasteiger partial charge in [-0.1, -0.05) is 0 Å². The van der Waals surface area contributed by atoms with Crippen LogP contribution in [0.15, 0.2) is 18.3 Å². The number of ether oxygens (including phenoxy) is 1. The maximum absolute atomic E-state index is 13.2. The molecule has 0 unspecified atom stereocenters. The van der Waals surface area contributed by atoms with Crippen molar-refractivity contribution in [2.45, 2.75) is 37.6 Å². The van der Waals surface area contributed by atoms with Gasteiger partial charge in [0.05, 0.1) is 18.6 Å². The third-order valence-corrected chi connectivity index (χ3v) is 5.18. The lowest BCUT2D eigenvalue weighted by Gasteiger charge is -2.37. The van der Waals surface area contributed by atoms with Crippen molar-refractivity contribution >= 4 is 17.6 Å². The van der Waals surface area contributed by atoms with E-state index in [4.69, 9.17) is 10.5 Å². The van der Waals surface area contributed by atoms with E-state index in [1.807, 2.05) is 6.07 Å². The van der Waals surface area contributed by atoms with Crippen LogP contribution in [-0.2, 0) is 9.53 Å². The Bertz CT molecular complexity index is 645. The minimum Gasteiger partial charge on any atom is -0.382 e. The van der Waals surface area contributed by atoms with E-state index in [-0.39, 0.29) is 12.3 Å². The Kier molecular flexibility index (Phi) is 5.22. The largest absolute Gasteiger partial charge is 0.382 e. The first-order valence-electron chi connectivity index (χ1n) is 8.86. The molecule has 2 amide bonds. The normalized spacial score (nSPS) is 23.2. The van der Waals surface area contributed by atoms with Gasteiger partial charge in [-0.15, -0.1) is 0 Å². The van der Waals surface area contributed by atoms with Crippen LogP contribution in [0, 0.1) is 0 Å². The summed E-state index contributed by atoms with van der Waals surface area (Å²) in [4.78, 5) is 33.1. The predicted molar refractivity (Wildman–Crippen MR) is 94.4 cm³/mol. The zero-order valence-electron chi connectivity index (χ0n) is 14.7. The minimum absolute atomic E-state index is 0.0846. The molecule has 136 valence electrons. The van der Waals surface area contributed by atoms with E-state index in [2.05, 4.69) is 9.88 Å². The van der Waals surface area contributed by atoms with Gasteiger partial charge in [0, 0.05) is 38.5 Å². The van der Waals surface area contributed by atoms with Gasteiger partial charge >= 0.3 is 0 Å². The van der Waals surface area contributed by atoms with Gasteiger partial charge < -0.3 is 20.3 Å². The van der Waals surface area contributed by atoms with Gasteiger partial charge in [-0.25, -0.2) is 4.98 Å². The van der Waals surface area contributed by atoms with E-state index in [1.165, 1.54) is 0 Å². The van der Waals surface area contributed by atoms with Crippen LogP contribution in [-0.4, -0.2) is 60.6 Å². The molecule has 3 rings (SSSR count). The summed E-state index contributed by atoms with van der Waals surface area (Å²) in [6.45, 7) is 2.87. The molecule has 1 aromatic heterocycles. The van der Waals surface area contributed by atoms with Crippen molar-refractivity contribution in [2.75, 3.05) is 38.3 Å². The number of anilines is 1. The van der Waals surface area contributed by atoms with Crippen LogP contribution in [0.5, 0.6) is 0 Å². The van der Waals surface area contributed by atoms with Crippen LogP contribution in [0.3, 0.4) is 0 Å². The van der Waals surface area contributed by atoms with Gasteiger partial charge in [-0.3, -0.25) is 9.59 Å². The van der Waals surface area contributed by atoms with E-state index in [9.17, 15) is 9.59 Å². The van der Waals surface area contributed by atoms with E-state index < -0.39 is 11.4 Å². The molecule has 0 aromatic carbocycles. The van der Waals surface area contributed by atoms with Crippen LogP contribution in [0.25, 0.3) is 0 Å². The lowest BCUT2D eigenvalue weighted by Crippen LogP contribution is -2.52. The lowest BCUT2D eigenvalue weighted by atomic mass is 9.92. The van der Waals surface area contributed by atoms with Crippen molar-refractivity contribution < 1.29 is 14.3 Å². The second kappa shape index (κ2) is 7.39. The number of carbonyl (C=O) groups is 2. The number of rotatable bonds is 6. The highest BCUT2D eigenvalue weighted by Gasteiger charge is 2.45. The molecule has 0 bridgehead atoms. The topological polar surface area (TPSA) is 88.8 Å². The molecule has 7 nitrogen and oxygen atoms in total. The molecule has 0 saturated carbocycles. The van der Waals surface area contributed by atoms with Crippen LogP contribution in [0.4, 0.5) is 5.82 Å². The Morgan fingerprint density at radius 3 is 2.72 bits per heavy atom. The van der Waals surface area contributed by atoms with Gasteiger partial charge in [-0.2, -0.15) is 0 Å². The Labute approximate surface area is 148 Å². The second-order valence-electron chi connectivity index (χ2n) is 6.96. The Morgan fingerprint density at radius 2 is 2.04 bits per heavy atom. The summed E-state index contributed by atoms with van der Waals surface area (Å²) in [5.74, 6) is 0.345. The number of hydrogen-bond acceptors (Lipinski definition) is 5. The maximum Gasteiger partial charge on any atom is 0.254 e. The summed E-state index contributed by atoms with van der Waals surface area (Å²) in [6, 6.07) is 3.59. The molecule has 0 radical (unpaired) electrons. The van der Waals surface area contributed by atoms with Crippen LogP contribution in [0.2, 0.25) is 0 Å². The highest BCUT2D eigenvalue weighted by Crippen LogP contribution is 2.34. The maximum atomic E-state index is 13.2. The first kappa shape index (κ1) is 17.7. The molecule has 2 N–H and O–H groups in total. The summed E-state index contributed by atoms with van der Waals surface area (Å²) in [5, 5.41) is 0. The molecule has 2 saturated heterocycles. The summed E-state index contributed by atoms with van der Waals surface area (Å²) in [7, 11) is 1.58. The fourth-order valence-corrected chi connectivity index (χ4v) is 4.06. The SMILES string of the molecule is COC[C@@]1(CC(N)=O)CCCN1C(=O)c1ccnc(N2CCCC2)c1. The number of aromatic nitrogens is 1. The average Bonchev–Trinajstić information content (AvgIpc) is 3.24. The number of nitrogens with two attached hydrogens (primary N) is 1. The van der Waals surface area contributed by atoms with Gasteiger partial charge in [0.15, 0.2) is 0 Å². The summed E-state index contributed by atoms with van der Waals surface area (Å²) in [6.07, 6.45) is 5.68. The third-order valence-electron chi connectivity index (χ3n) is 5.18. The number of pyridine rings is 1. The molecule has 2 aliphatic rings. The summed E-state index contributed by atoms with van der Waals surface area (Å²) < 4.78 is 5.33. The van der Waals surface area contributed by atoms with E-state index in [1.54, 1.807) is 24.3 Å². The standard InChI is InChI=1S/C18H26N4O3/c1-25-13-18(12-15(19)23)6-4-10-22(18)17(24)14-5-7-20-16(11-14)21-8-2-3-9-21/h5,7,11H,2-4,6,8-10,12-13H2,1H3,(H2,19,23)/t18-/m0/s1. The van der Waals surface area contributed by atoms with Gasteiger partial charge in [0.1, 0.15) is 5.82 Å². The fraction of sp³-hybridized carbons (Fsp3) is 0.611. The minimum atomic E-state index is -0.644. The molecular formula is C18H26N4O3. The highest BCUT2D eigenvalue weighted by molar-refractivity contribution is 5.96. The number of amides is 2. The number of primary amides is 1. The molecule has 2 fully saturated rings. The number of methoxy groups -OCH3 is 1. The Hall–Kier alpha value is -2.15. The van der Waals surface area contributed by atoms with Gasteiger partial charge in [0.25, 0.3) is 5.91 Å². The molecule has 3 heterocycles. The number of likely N-dealkylation sites (tertiary alicyclic amines) is 1. The van der Waals surface area contributed by atoms with Crippen molar-refractivity contribution in [3.05, 3.63) is 23.9 Å². The molecular weight excluding hydrogens is 320 g/mol. The fourth-order valence-electron chi connectivity index (χ4n) is 4.06. The smallest absolute Gasteiger partial charge is 0.254 e. The first-order chi connectivity index (χ1) is 12.1. The van der Waals surface area contributed by atoms with Crippen molar-refractivity contribution in [1.29, 1.82) is 0 Å². The number of hydrogen-bond donors (Lipinski definition) is 1. The van der Waals surface area contributed by atoms with E-state index in [0.717, 1.165) is 44.6 Å². The number of nitrogens with zero attached hydrogens (tertiary/aromatic N) is 3. The van der Waals surface area contributed by atoms with Crippen molar-refractivity contribution in [3.63, 3.8) is 0 Å². The average molecular weight is 346 g/mol. The third kappa shape index (κ3) is 3.61. The second-order valence-corrected chi connectivity index (χ2v) is 6.96. The van der Waals surface area contributed by atoms with Gasteiger partial charge in [0.2, 0.25) is 5.91 Å². The van der Waals surface area contributed by atoms with Gasteiger partial charge in [-0.05, 0) is 37.8 Å². The number of carbonyl (C=O) groups excluding carboxylic acids is 2. The van der Waals surface area contributed by atoms with Crippen LogP contribution >= 0.6 is 0 Å².